The summed E-state index contributed by atoms with van der Waals surface area (Å²) >= 11 is 0. The smallest absolute Gasteiger partial charge is 0.239 e. The number of carbonyl (C=O) groups is 1. The fraction of sp³-hybridized carbons (Fsp3) is 0.778. The van der Waals surface area contributed by atoms with Gasteiger partial charge in [-0.1, -0.05) is 12.1 Å². The van der Waals surface area contributed by atoms with Gasteiger partial charge in [-0.3, -0.25) is 14.6 Å². The Morgan fingerprint density at radius 2 is 1.92 bits per heavy atom. The molecule has 1 atom stereocenters. The van der Waals surface area contributed by atoms with Crippen LogP contribution in [-0.4, -0.2) is 71.1 Å². The normalized spacial score (nSPS) is 22.7. The maximum absolute atomic E-state index is 12.7. The lowest BCUT2D eigenvalue weighted by Gasteiger charge is -2.40. The van der Waals surface area contributed by atoms with Crippen LogP contribution in [0.25, 0.3) is 0 Å². The lowest BCUT2D eigenvalue weighted by molar-refractivity contribution is -0.138. The lowest BCUT2D eigenvalue weighted by atomic mass is 9.98. The second kappa shape index (κ2) is 7.66. The van der Waals surface area contributed by atoms with Crippen LogP contribution in [0.5, 0.6) is 0 Å². The number of hydrogen-bond donors (Lipinski definition) is 0. The summed E-state index contributed by atoms with van der Waals surface area (Å²) in [5.41, 5.74) is 0.929. The monoisotopic (exact) mass is 334 g/mol. The van der Waals surface area contributed by atoms with Crippen LogP contribution in [0.3, 0.4) is 0 Å². The fourth-order valence-corrected chi connectivity index (χ4v) is 3.67. The topological polar surface area (TPSA) is 52.8 Å². The molecule has 0 N–H and O–H groups in total. The van der Waals surface area contributed by atoms with Gasteiger partial charge in [-0.25, -0.2) is 0 Å². The van der Waals surface area contributed by atoms with E-state index in [2.05, 4.69) is 33.7 Å². The summed E-state index contributed by atoms with van der Waals surface area (Å²) in [6, 6.07) is 1.99. The highest BCUT2D eigenvalue weighted by atomic mass is 16.5. The number of aryl methyl sites for hydroxylation is 1. The molecular weight excluding hydrogens is 304 g/mol. The van der Waals surface area contributed by atoms with Crippen molar-refractivity contribution in [3.05, 3.63) is 17.5 Å². The van der Waals surface area contributed by atoms with Crippen LogP contribution in [-0.2, 0) is 11.3 Å². The molecule has 1 amide bonds. The van der Waals surface area contributed by atoms with Crippen LogP contribution in [0.4, 0.5) is 0 Å². The molecule has 3 heterocycles. The zero-order chi connectivity index (χ0) is 17.1. The summed E-state index contributed by atoms with van der Waals surface area (Å²) in [5, 5.41) is 3.94. The zero-order valence-corrected chi connectivity index (χ0v) is 15.2. The van der Waals surface area contributed by atoms with Gasteiger partial charge in [0.25, 0.3) is 0 Å². The van der Waals surface area contributed by atoms with Crippen molar-refractivity contribution >= 4 is 5.91 Å². The Labute approximate surface area is 144 Å². The van der Waals surface area contributed by atoms with Crippen molar-refractivity contribution in [3.8, 4) is 0 Å². The van der Waals surface area contributed by atoms with E-state index in [9.17, 15) is 4.79 Å². The minimum Gasteiger partial charge on any atom is -0.360 e. The van der Waals surface area contributed by atoms with Gasteiger partial charge in [0, 0.05) is 45.3 Å². The van der Waals surface area contributed by atoms with Crippen LogP contribution in [0.2, 0.25) is 0 Å². The summed E-state index contributed by atoms with van der Waals surface area (Å²) in [6.07, 6.45) is 2.28. The van der Waals surface area contributed by atoms with Gasteiger partial charge in [0.2, 0.25) is 5.91 Å². The lowest BCUT2D eigenvalue weighted by Crippen LogP contribution is -2.55. The molecule has 0 spiro atoms. The summed E-state index contributed by atoms with van der Waals surface area (Å²) in [7, 11) is 0. The predicted molar refractivity (Wildman–Crippen MR) is 92.5 cm³/mol. The van der Waals surface area contributed by atoms with Gasteiger partial charge in [0.1, 0.15) is 0 Å². The van der Waals surface area contributed by atoms with Crippen LogP contribution >= 0.6 is 0 Å². The Balaban J connectivity index is 1.46. The number of nitrogens with zero attached hydrogens (tertiary/aromatic N) is 4. The number of aromatic nitrogens is 1. The van der Waals surface area contributed by atoms with Gasteiger partial charge < -0.3 is 9.42 Å². The van der Waals surface area contributed by atoms with E-state index in [0.717, 1.165) is 76.0 Å². The van der Waals surface area contributed by atoms with Crippen molar-refractivity contribution in [1.82, 2.24) is 19.9 Å². The SMILES string of the molecule is Cc1cc(CN2CCN(C(C)C(=O)N3CCC(C)CC3)CC2)on1. The molecule has 3 rings (SSSR count). The largest absolute Gasteiger partial charge is 0.360 e. The van der Waals surface area contributed by atoms with Crippen LogP contribution < -0.4 is 0 Å². The molecule has 6 heteroatoms. The fourth-order valence-electron chi connectivity index (χ4n) is 3.67. The van der Waals surface area contributed by atoms with Crippen LogP contribution in [0.15, 0.2) is 10.6 Å². The highest BCUT2D eigenvalue weighted by Crippen LogP contribution is 2.18. The average Bonchev–Trinajstić information content (AvgIpc) is 3.00. The third-order valence-corrected chi connectivity index (χ3v) is 5.46. The molecule has 0 aromatic carbocycles. The van der Waals surface area contributed by atoms with E-state index in [0.29, 0.717) is 5.91 Å². The third-order valence-electron chi connectivity index (χ3n) is 5.46. The standard InChI is InChI=1S/C18H30N4O2/c1-14-4-6-22(7-5-14)18(23)16(3)21-10-8-20(9-11-21)13-17-12-15(2)19-24-17/h12,14,16H,4-11,13H2,1-3H3. The van der Waals surface area contributed by atoms with E-state index >= 15 is 0 Å². The van der Waals surface area contributed by atoms with Gasteiger partial charge in [-0.15, -0.1) is 0 Å². The second-order valence-corrected chi connectivity index (χ2v) is 7.43. The molecule has 0 saturated carbocycles. The molecular formula is C18H30N4O2. The highest BCUT2D eigenvalue weighted by molar-refractivity contribution is 5.81. The van der Waals surface area contributed by atoms with E-state index in [4.69, 9.17) is 4.52 Å². The van der Waals surface area contributed by atoms with Crippen molar-refractivity contribution < 1.29 is 9.32 Å². The van der Waals surface area contributed by atoms with E-state index in [1.807, 2.05) is 13.0 Å². The molecule has 2 fully saturated rings. The first-order valence-electron chi connectivity index (χ1n) is 9.20. The summed E-state index contributed by atoms with van der Waals surface area (Å²) in [5.74, 6) is 1.99. The van der Waals surface area contributed by atoms with Crippen molar-refractivity contribution in [1.29, 1.82) is 0 Å². The molecule has 134 valence electrons. The number of hydrogen-bond acceptors (Lipinski definition) is 5. The first-order chi connectivity index (χ1) is 11.5. The van der Waals surface area contributed by atoms with Crippen LogP contribution in [0.1, 0.15) is 38.1 Å². The first kappa shape index (κ1) is 17.4. The van der Waals surface area contributed by atoms with Gasteiger partial charge in [-0.2, -0.15) is 0 Å². The van der Waals surface area contributed by atoms with Gasteiger partial charge in [0.05, 0.1) is 18.3 Å². The molecule has 0 bridgehead atoms. The van der Waals surface area contributed by atoms with Crippen molar-refractivity contribution in [2.75, 3.05) is 39.3 Å². The zero-order valence-electron chi connectivity index (χ0n) is 15.2. The van der Waals surface area contributed by atoms with Crippen molar-refractivity contribution in [2.45, 2.75) is 46.2 Å². The summed E-state index contributed by atoms with van der Waals surface area (Å²) < 4.78 is 5.30. The Hall–Kier alpha value is -1.40. The maximum Gasteiger partial charge on any atom is 0.239 e. The van der Waals surface area contributed by atoms with E-state index < -0.39 is 0 Å². The first-order valence-corrected chi connectivity index (χ1v) is 9.20. The number of carbonyl (C=O) groups excluding carboxylic acids is 1. The summed E-state index contributed by atoms with van der Waals surface area (Å²) in [6.45, 7) is 12.7. The number of likely N-dealkylation sites (tertiary alicyclic amines) is 1. The number of piperazine rings is 1. The maximum atomic E-state index is 12.7. The Morgan fingerprint density at radius 3 is 2.50 bits per heavy atom. The molecule has 2 saturated heterocycles. The quantitative estimate of drug-likeness (QED) is 0.840. The second-order valence-electron chi connectivity index (χ2n) is 7.43. The molecule has 1 aromatic heterocycles. The summed E-state index contributed by atoms with van der Waals surface area (Å²) in [4.78, 5) is 19.5. The molecule has 6 nitrogen and oxygen atoms in total. The third kappa shape index (κ3) is 4.16. The minimum absolute atomic E-state index is 0.00641. The predicted octanol–water partition coefficient (Wildman–Crippen LogP) is 1.75. The van der Waals surface area contributed by atoms with E-state index in [-0.39, 0.29) is 6.04 Å². The number of amides is 1. The van der Waals surface area contributed by atoms with Gasteiger partial charge in [0.15, 0.2) is 5.76 Å². The van der Waals surface area contributed by atoms with Crippen molar-refractivity contribution in [3.63, 3.8) is 0 Å². The number of piperidine rings is 1. The van der Waals surface area contributed by atoms with Crippen molar-refractivity contribution in [2.24, 2.45) is 5.92 Å². The molecule has 1 unspecified atom stereocenters. The number of rotatable bonds is 4. The highest BCUT2D eigenvalue weighted by Gasteiger charge is 2.30. The van der Waals surface area contributed by atoms with E-state index in [1.165, 1.54) is 0 Å². The average molecular weight is 334 g/mol. The van der Waals surface area contributed by atoms with Gasteiger partial charge in [-0.05, 0) is 32.6 Å². The van der Waals surface area contributed by atoms with Gasteiger partial charge >= 0.3 is 0 Å². The van der Waals surface area contributed by atoms with Crippen LogP contribution in [0, 0.1) is 12.8 Å². The van der Waals surface area contributed by atoms with E-state index in [1.54, 1.807) is 0 Å². The molecule has 2 aliphatic heterocycles. The Bertz CT molecular complexity index is 543. The molecule has 0 aliphatic carbocycles. The Morgan fingerprint density at radius 1 is 1.25 bits per heavy atom. The Kier molecular flexibility index (Phi) is 5.56. The molecule has 24 heavy (non-hydrogen) atoms. The molecule has 2 aliphatic rings. The minimum atomic E-state index is -0.00641. The molecule has 1 aromatic rings. The molecule has 0 radical (unpaired) electrons.